The van der Waals surface area contributed by atoms with E-state index < -0.39 is 14.9 Å². The third-order valence-electron chi connectivity index (χ3n) is 3.34. The molecule has 7 nitrogen and oxygen atoms in total. The number of rotatable bonds is 4. The van der Waals surface area contributed by atoms with Gasteiger partial charge in [0.2, 0.25) is 10.0 Å². The Morgan fingerprint density at radius 1 is 1.33 bits per heavy atom. The normalized spacial score (nSPS) is 16.2. The van der Waals surface area contributed by atoms with E-state index in [1.165, 1.54) is 25.1 Å². The summed E-state index contributed by atoms with van der Waals surface area (Å²) in [6, 6.07) is 3.75. The van der Waals surface area contributed by atoms with Crippen molar-refractivity contribution in [2.45, 2.75) is 30.7 Å². The van der Waals surface area contributed by atoms with Crippen LogP contribution in [0.1, 0.15) is 18.4 Å². The Morgan fingerprint density at radius 2 is 1.95 bits per heavy atom. The van der Waals surface area contributed by atoms with Crippen LogP contribution in [0.3, 0.4) is 0 Å². The number of hydrogen-bond acceptors (Lipinski definition) is 5. The van der Waals surface area contributed by atoms with Crippen molar-refractivity contribution in [2.75, 3.05) is 13.1 Å². The Kier molecular flexibility index (Phi) is 6.09. The van der Waals surface area contributed by atoms with Gasteiger partial charge in [0, 0.05) is 17.7 Å². The van der Waals surface area contributed by atoms with Crippen LogP contribution in [0.25, 0.3) is 0 Å². The second kappa shape index (κ2) is 7.17. The second-order valence-corrected chi connectivity index (χ2v) is 6.56. The zero-order valence-electron chi connectivity index (χ0n) is 11.5. The average Bonchev–Trinajstić information content (AvgIpc) is 2.38. The molecule has 0 aliphatic carbocycles. The van der Waals surface area contributed by atoms with Gasteiger partial charge in [-0.3, -0.25) is 10.1 Å². The number of nitro benzene ring substituents is 1. The molecule has 1 aromatic rings. The molecule has 21 heavy (non-hydrogen) atoms. The Bertz CT molecular complexity index is 615. The number of nitro groups is 1. The number of halogens is 1. The number of aryl methyl sites for hydroxylation is 1. The predicted molar refractivity (Wildman–Crippen MR) is 81.3 cm³/mol. The van der Waals surface area contributed by atoms with Crippen LogP contribution in [-0.4, -0.2) is 32.5 Å². The van der Waals surface area contributed by atoms with Crippen LogP contribution < -0.4 is 10.0 Å². The van der Waals surface area contributed by atoms with Gasteiger partial charge in [0.1, 0.15) is 0 Å². The lowest BCUT2D eigenvalue weighted by atomic mass is 10.1. The fraction of sp³-hybridized carbons (Fsp3) is 0.500. The zero-order chi connectivity index (χ0) is 14.8. The van der Waals surface area contributed by atoms with E-state index in [-0.39, 0.29) is 29.0 Å². The predicted octanol–water partition coefficient (Wildman–Crippen LogP) is 1.36. The number of hydrogen-bond donors (Lipinski definition) is 2. The van der Waals surface area contributed by atoms with Gasteiger partial charge in [-0.1, -0.05) is 0 Å². The first-order valence-corrected chi connectivity index (χ1v) is 7.86. The molecular formula is C12H18ClN3O4S. The molecule has 0 amide bonds. The van der Waals surface area contributed by atoms with Crippen molar-refractivity contribution >= 4 is 28.1 Å². The molecule has 1 aliphatic heterocycles. The molecule has 1 heterocycles. The molecule has 1 aromatic carbocycles. The highest BCUT2D eigenvalue weighted by atomic mass is 35.5. The van der Waals surface area contributed by atoms with Gasteiger partial charge in [-0.2, -0.15) is 0 Å². The van der Waals surface area contributed by atoms with Crippen LogP contribution in [0.15, 0.2) is 23.1 Å². The minimum absolute atomic E-state index is 0. The van der Waals surface area contributed by atoms with Gasteiger partial charge in [-0.15, -0.1) is 12.4 Å². The quantitative estimate of drug-likeness (QED) is 0.639. The first-order chi connectivity index (χ1) is 9.40. The summed E-state index contributed by atoms with van der Waals surface area (Å²) in [5.41, 5.74) is 0.258. The Morgan fingerprint density at radius 3 is 2.48 bits per heavy atom. The third-order valence-corrected chi connectivity index (χ3v) is 4.85. The number of nitrogens with zero attached hydrogens (tertiary/aromatic N) is 1. The van der Waals surface area contributed by atoms with E-state index in [1.807, 2.05) is 0 Å². The highest BCUT2D eigenvalue weighted by molar-refractivity contribution is 7.89. The Hall–Kier alpha value is -1.22. The topological polar surface area (TPSA) is 101 Å². The molecule has 1 aliphatic rings. The lowest BCUT2D eigenvalue weighted by Crippen LogP contribution is -2.42. The minimum Gasteiger partial charge on any atom is -0.317 e. The standard InChI is InChI=1S/C12H17N3O4S.ClH/c1-9-8-11(2-3-12(9)15(16)17)20(18,19)14-10-4-6-13-7-5-10;/h2-3,8,10,13-14H,4-7H2,1H3;1H. The number of piperidine rings is 1. The molecule has 0 saturated carbocycles. The maximum Gasteiger partial charge on any atom is 0.272 e. The highest BCUT2D eigenvalue weighted by Gasteiger charge is 2.23. The van der Waals surface area contributed by atoms with Crippen LogP contribution in [0, 0.1) is 17.0 Å². The fourth-order valence-electron chi connectivity index (χ4n) is 2.23. The lowest BCUT2D eigenvalue weighted by Gasteiger charge is -2.23. The minimum atomic E-state index is -3.63. The number of benzene rings is 1. The van der Waals surface area contributed by atoms with E-state index in [4.69, 9.17) is 0 Å². The summed E-state index contributed by atoms with van der Waals surface area (Å²) >= 11 is 0. The van der Waals surface area contributed by atoms with Crippen LogP contribution in [-0.2, 0) is 10.0 Å². The fourth-order valence-corrected chi connectivity index (χ4v) is 3.62. The van der Waals surface area contributed by atoms with Crippen molar-refractivity contribution in [1.29, 1.82) is 0 Å². The SMILES string of the molecule is Cc1cc(S(=O)(=O)NC2CCNCC2)ccc1[N+](=O)[O-].Cl. The number of sulfonamides is 1. The van der Waals surface area contributed by atoms with E-state index in [0.29, 0.717) is 5.56 Å². The van der Waals surface area contributed by atoms with Gasteiger partial charge in [-0.05, 0) is 45.0 Å². The molecule has 2 rings (SSSR count). The molecule has 2 N–H and O–H groups in total. The van der Waals surface area contributed by atoms with Gasteiger partial charge in [0.15, 0.2) is 0 Å². The smallest absolute Gasteiger partial charge is 0.272 e. The van der Waals surface area contributed by atoms with Crippen molar-refractivity contribution in [3.8, 4) is 0 Å². The van der Waals surface area contributed by atoms with Crippen molar-refractivity contribution in [3.63, 3.8) is 0 Å². The van der Waals surface area contributed by atoms with E-state index >= 15 is 0 Å². The van der Waals surface area contributed by atoms with Crippen LogP contribution in [0.4, 0.5) is 5.69 Å². The van der Waals surface area contributed by atoms with Crippen molar-refractivity contribution in [2.24, 2.45) is 0 Å². The molecule has 0 atom stereocenters. The van der Waals surface area contributed by atoms with Crippen LogP contribution >= 0.6 is 12.4 Å². The first kappa shape index (κ1) is 17.8. The van der Waals surface area contributed by atoms with Gasteiger partial charge < -0.3 is 5.32 Å². The van der Waals surface area contributed by atoms with Gasteiger partial charge >= 0.3 is 0 Å². The van der Waals surface area contributed by atoms with E-state index in [2.05, 4.69) is 10.0 Å². The average molecular weight is 336 g/mol. The largest absolute Gasteiger partial charge is 0.317 e. The van der Waals surface area contributed by atoms with Crippen molar-refractivity contribution in [3.05, 3.63) is 33.9 Å². The second-order valence-electron chi connectivity index (χ2n) is 4.85. The molecule has 1 fully saturated rings. The summed E-state index contributed by atoms with van der Waals surface area (Å²) in [5, 5.41) is 13.9. The molecule has 0 radical (unpaired) electrons. The third kappa shape index (κ3) is 4.37. The monoisotopic (exact) mass is 335 g/mol. The summed E-state index contributed by atoms with van der Waals surface area (Å²) in [4.78, 5) is 10.3. The summed E-state index contributed by atoms with van der Waals surface area (Å²) in [7, 11) is -3.63. The van der Waals surface area contributed by atoms with E-state index in [9.17, 15) is 18.5 Å². The molecule has 1 saturated heterocycles. The molecule has 9 heteroatoms. The van der Waals surface area contributed by atoms with Crippen LogP contribution in [0.5, 0.6) is 0 Å². The number of nitrogens with one attached hydrogen (secondary N) is 2. The Balaban J connectivity index is 0.00000220. The van der Waals surface area contributed by atoms with Crippen molar-refractivity contribution < 1.29 is 13.3 Å². The highest BCUT2D eigenvalue weighted by Crippen LogP contribution is 2.22. The molecule has 0 bridgehead atoms. The van der Waals surface area contributed by atoms with E-state index in [1.54, 1.807) is 0 Å². The summed E-state index contributed by atoms with van der Waals surface area (Å²) in [6.45, 7) is 3.10. The maximum atomic E-state index is 12.2. The lowest BCUT2D eigenvalue weighted by molar-refractivity contribution is -0.385. The summed E-state index contributed by atoms with van der Waals surface area (Å²) in [5.74, 6) is 0. The van der Waals surface area contributed by atoms with Gasteiger partial charge in [0.25, 0.3) is 5.69 Å². The van der Waals surface area contributed by atoms with Gasteiger partial charge in [-0.25, -0.2) is 13.1 Å². The van der Waals surface area contributed by atoms with Crippen LogP contribution in [0.2, 0.25) is 0 Å². The van der Waals surface area contributed by atoms with E-state index in [0.717, 1.165) is 25.9 Å². The summed E-state index contributed by atoms with van der Waals surface area (Å²) < 4.78 is 27.1. The molecule has 0 aromatic heterocycles. The maximum absolute atomic E-state index is 12.2. The molecule has 0 unspecified atom stereocenters. The molecule has 0 spiro atoms. The first-order valence-electron chi connectivity index (χ1n) is 6.38. The Labute approximate surface area is 129 Å². The van der Waals surface area contributed by atoms with Gasteiger partial charge in [0.05, 0.1) is 9.82 Å². The summed E-state index contributed by atoms with van der Waals surface area (Å²) in [6.07, 6.45) is 1.48. The molecule has 118 valence electrons. The molecular weight excluding hydrogens is 318 g/mol. The zero-order valence-corrected chi connectivity index (χ0v) is 13.2. The van der Waals surface area contributed by atoms with Crippen molar-refractivity contribution in [1.82, 2.24) is 10.0 Å².